The van der Waals surface area contributed by atoms with E-state index in [-0.39, 0.29) is 16.4 Å². The van der Waals surface area contributed by atoms with Crippen LogP contribution in [0.1, 0.15) is 28.4 Å². The molecule has 31 heavy (non-hydrogen) atoms. The van der Waals surface area contributed by atoms with E-state index in [1.807, 2.05) is 50.2 Å². The highest BCUT2D eigenvalue weighted by molar-refractivity contribution is 7.92. The SMILES string of the molecule is CCOc1cccc(CNC(=O)c2cccc(S(=O)(=O)N(C)c3ccc(C)cc3)c2)c1. The number of anilines is 1. The van der Waals surface area contributed by atoms with Crippen molar-refractivity contribution in [2.45, 2.75) is 25.3 Å². The molecule has 0 heterocycles. The minimum absolute atomic E-state index is 0.0570. The normalized spacial score (nSPS) is 11.1. The molecule has 3 aromatic carbocycles. The predicted octanol–water partition coefficient (Wildman–Crippen LogP) is 4.15. The van der Waals surface area contributed by atoms with Gasteiger partial charge in [-0.15, -0.1) is 0 Å². The molecule has 1 N–H and O–H groups in total. The van der Waals surface area contributed by atoms with Crippen molar-refractivity contribution in [1.82, 2.24) is 5.32 Å². The summed E-state index contributed by atoms with van der Waals surface area (Å²) in [6, 6.07) is 20.7. The zero-order chi connectivity index (χ0) is 22.4. The Bertz CT molecular complexity index is 1160. The van der Waals surface area contributed by atoms with Crippen LogP contribution in [0, 0.1) is 6.92 Å². The van der Waals surface area contributed by atoms with Gasteiger partial charge < -0.3 is 10.1 Å². The summed E-state index contributed by atoms with van der Waals surface area (Å²) in [6.45, 7) is 4.72. The van der Waals surface area contributed by atoms with Gasteiger partial charge in [-0.25, -0.2) is 8.42 Å². The number of hydrogen-bond donors (Lipinski definition) is 1. The molecule has 0 atom stereocenters. The van der Waals surface area contributed by atoms with Crippen LogP contribution >= 0.6 is 0 Å². The van der Waals surface area contributed by atoms with Gasteiger partial charge >= 0.3 is 0 Å². The molecule has 0 aliphatic rings. The van der Waals surface area contributed by atoms with Gasteiger partial charge in [0.1, 0.15) is 5.75 Å². The average Bonchev–Trinajstić information content (AvgIpc) is 2.78. The number of sulfonamides is 1. The van der Waals surface area contributed by atoms with Gasteiger partial charge in [0.2, 0.25) is 0 Å². The molecule has 3 rings (SSSR count). The van der Waals surface area contributed by atoms with Crippen LogP contribution in [0.5, 0.6) is 5.75 Å². The number of carbonyl (C=O) groups is 1. The van der Waals surface area contributed by atoms with E-state index in [9.17, 15) is 13.2 Å². The highest BCUT2D eigenvalue weighted by Crippen LogP contribution is 2.23. The summed E-state index contributed by atoms with van der Waals surface area (Å²) in [4.78, 5) is 12.7. The summed E-state index contributed by atoms with van der Waals surface area (Å²) in [5.41, 5.74) is 2.76. The second-order valence-electron chi connectivity index (χ2n) is 7.10. The van der Waals surface area contributed by atoms with E-state index < -0.39 is 10.0 Å². The number of benzene rings is 3. The Balaban J connectivity index is 1.75. The van der Waals surface area contributed by atoms with Crippen LogP contribution in [-0.2, 0) is 16.6 Å². The number of aryl methyl sites for hydroxylation is 1. The van der Waals surface area contributed by atoms with E-state index in [1.165, 1.54) is 23.5 Å². The highest BCUT2D eigenvalue weighted by Gasteiger charge is 2.22. The average molecular weight is 439 g/mol. The fourth-order valence-corrected chi connectivity index (χ4v) is 4.29. The molecule has 0 bridgehead atoms. The van der Waals surface area contributed by atoms with E-state index in [1.54, 1.807) is 24.3 Å². The van der Waals surface area contributed by atoms with Crippen molar-refractivity contribution in [3.63, 3.8) is 0 Å². The molecule has 0 aliphatic heterocycles. The number of rotatable bonds is 8. The molecule has 0 saturated carbocycles. The second-order valence-corrected chi connectivity index (χ2v) is 9.07. The maximum Gasteiger partial charge on any atom is 0.264 e. The van der Waals surface area contributed by atoms with Gasteiger partial charge in [-0.3, -0.25) is 9.10 Å². The Morgan fingerprint density at radius 3 is 2.42 bits per heavy atom. The molecule has 0 spiro atoms. The minimum Gasteiger partial charge on any atom is -0.494 e. The Hall–Kier alpha value is -3.32. The van der Waals surface area contributed by atoms with Gasteiger partial charge in [-0.05, 0) is 61.9 Å². The van der Waals surface area contributed by atoms with E-state index in [0.717, 1.165) is 16.9 Å². The van der Waals surface area contributed by atoms with Crippen molar-refractivity contribution < 1.29 is 17.9 Å². The van der Waals surface area contributed by atoms with Gasteiger partial charge in [0.25, 0.3) is 15.9 Å². The van der Waals surface area contributed by atoms with Gasteiger partial charge in [-0.1, -0.05) is 35.9 Å². The lowest BCUT2D eigenvalue weighted by Gasteiger charge is -2.20. The zero-order valence-electron chi connectivity index (χ0n) is 17.8. The standard InChI is InChI=1S/C24H26N2O4S/c1-4-30-22-9-5-7-19(15-22)17-25-24(27)20-8-6-10-23(16-20)31(28,29)26(3)21-13-11-18(2)12-14-21/h5-16H,4,17H2,1-3H3,(H,25,27). The van der Waals surface area contributed by atoms with Crippen molar-refractivity contribution in [2.75, 3.05) is 18.0 Å². The second kappa shape index (κ2) is 9.66. The lowest BCUT2D eigenvalue weighted by atomic mass is 10.2. The first-order valence-electron chi connectivity index (χ1n) is 9.97. The van der Waals surface area contributed by atoms with Crippen molar-refractivity contribution in [1.29, 1.82) is 0 Å². The predicted molar refractivity (Wildman–Crippen MR) is 122 cm³/mol. The van der Waals surface area contributed by atoms with Gasteiger partial charge in [-0.2, -0.15) is 0 Å². The number of carbonyl (C=O) groups excluding carboxylic acids is 1. The molecule has 162 valence electrons. The van der Waals surface area contributed by atoms with Gasteiger partial charge in [0, 0.05) is 19.2 Å². The Kier molecular flexibility index (Phi) is 6.97. The fourth-order valence-electron chi connectivity index (χ4n) is 3.05. The minimum atomic E-state index is -3.80. The number of ether oxygens (including phenoxy) is 1. The molecule has 0 fully saturated rings. The molecule has 0 aromatic heterocycles. The topological polar surface area (TPSA) is 75.7 Å². The van der Waals surface area contributed by atoms with Crippen LogP contribution in [0.2, 0.25) is 0 Å². The van der Waals surface area contributed by atoms with E-state index >= 15 is 0 Å². The quantitative estimate of drug-likeness (QED) is 0.573. The van der Waals surface area contributed by atoms with Gasteiger partial charge in [0.05, 0.1) is 17.2 Å². The summed E-state index contributed by atoms with van der Waals surface area (Å²) < 4.78 is 32.8. The summed E-state index contributed by atoms with van der Waals surface area (Å²) in [5, 5.41) is 2.83. The largest absolute Gasteiger partial charge is 0.494 e. The molecule has 0 saturated heterocycles. The van der Waals surface area contributed by atoms with Crippen LogP contribution < -0.4 is 14.4 Å². The Morgan fingerprint density at radius 1 is 1.00 bits per heavy atom. The van der Waals surface area contributed by atoms with E-state index in [4.69, 9.17) is 4.74 Å². The van der Waals surface area contributed by atoms with Crippen LogP contribution in [0.15, 0.2) is 77.7 Å². The monoisotopic (exact) mass is 438 g/mol. The van der Waals surface area contributed by atoms with Crippen molar-refractivity contribution in [3.8, 4) is 5.75 Å². The molecule has 0 radical (unpaired) electrons. The van der Waals surface area contributed by atoms with Crippen LogP contribution in [0.25, 0.3) is 0 Å². The molecule has 7 heteroatoms. The lowest BCUT2D eigenvalue weighted by molar-refractivity contribution is 0.0950. The third kappa shape index (κ3) is 5.44. The third-order valence-electron chi connectivity index (χ3n) is 4.81. The molecule has 0 unspecified atom stereocenters. The molecule has 3 aromatic rings. The van der Waals surface area contributed by atoms with E-state index in [2.05, 4.69) is 5.32 Å². The fraction of sp³-hybridized carbons (Fsp3) is 0.208. The van der Waals surface area contributed by atoms with Crippen LogP contribution in [-0.4, -0.2) is 28.0 Å². The highest BCUT2D eigenvalue weighted by atomic mass is 32.2. The smallest absolute Gasteiger partial charge is 0.264 e. The molecule has 1 amide bonds. The first kappa shape index (κ1) is 22.4. The van der Waals surface area contributed by atoms with Crippen LogP contribution in [0.3, 0.4) is 0 Å². The number of nitrogens with one attached hydrogen (secondary N) is 1. The third-order valence-corrected chi connectivity index (χ3v) is 6.60. The summed E-state index contributed by atoms with van der Waals surface area (Å²) in [6.07, 6.45) is 0. The Labute approximate surface area is 183 Å². The summed E-state index contributed by atoms with van der Waals surface area (Å²) in [7, 11) is -2.31. The first-order valence-corrected chi connectivity index (χ1v) is 11.4. The molecule has 0 aliphatic carbocycles. The van der Waals surface area contributed by atoms with Crippen molar-refractivity contribution >= 4 is 21.6 Å². The maximum atomic E-state index is 13.1. The number of amides is 1. The molecular weight excluding hydrogens is 412 g/mol. The van der Waals surface area contributed by atoms with Crippen molar-refractivity contribution in [3.05, 3.63) is 89.5 Å². The summed E-state index contributed by atoms with van der Waals surface area (Å²) >= 11 is 0. The van der Waals surface area contributed by atoms with Crippen LogP contribution in [0.4, 0.5) is 5.69 Å². The molecular formula is C24H26N2O4S. The van der Waals surface area contributed by atoms with E-state index in [0.29, 0.717) is 18.8 Å². The summed E-state index contributed by atoms with van der Waals surface area (Å²) in [5.74, 6) is 0.387. The number of nitrogens with zero attached hydrogens (tertiary/aromatic N) is 1. The van der Waals surface area contributed by atoms with Crippen molar-refractivity contribution in [2.24, 2.45) is 0 Å². The zero-order valence-corrected chi connectivity index (χ0v) is 18.6. The first-order chi connectivity index (χ1) is 14.8. The molecule has 6 nitrogen and oxygen atoms in total. The lowest BCUT2D eigenvalue weighted by Crippen LogP contribution is -2.27. The maximum absolute atomic E-state index is 13.1. The van der Waals surface area contributed by atoms with Gasteiger partial charge in [0.15, 0.2) is 0 Å². The Morgan fingerprint density at radius 2 is 1.71 bits per heavy atom. The number of hydrogen-bond acceptors (Lipinski definition) is 4.